The monoisotopic (exact) mass is 336 g/mol. The molecule has 0 radical (unpaired) electrons. The highest BCUT2D eigenvalue weighted by atomic mass is 15.2. The molecule has 0 bridgehead atoms. The maximum absolute atomic E-state index is 2.61. The Hall–Kier alpha value is -1.64. The van der Waals surface area contributed by atoms with E-state index in [4.69, 9.17) is 0 Å². The molecule has 2 nitrogen and oxygen atoms in total. The fourth-order valence-electron chi connectivity index (χ4n) is 3.79. The molecule has 1 saturated heterocycles. The van der Waals surface area contributed by atoms with Crippen LogP contribution in [0.3, 0.4) is 0 Å². The van der Waals surface area contributed by atoms with Gasteiger partial charge in [0.1, 0.15) is 0 Å². The SMILES string of the molecule is Cc1ccc(CN(CC[C@@H]2CCCN2C)Cc2ccc(C)cc2)cc1. The van der Waals surface area contributed by atoms with Crippen molar-refractivity contribution in [1.29, 1.82) is 0 Å². The number of aryl methyl sites for hydroxylation is 2. The third kappa shape index (κ3) is 5.42. The lowest BCUT2D eigenvalue weighted by Crippen LogP contribution is -2.31. The molecule has 1 fully saturated rings. The topological polar surface area (TPSA) is 6.48 Å². The molecule has 1 aliphatic heterocycles. The highest BCUT2D eigenvalue weighted by Crippen LogP contribution is 2.20. The van der Waals surface area contributed by atoms with Crippen LogP contribution in [0.2, 0.25) is 0 Å². The Morgan fingerprint density at radius 2 is 1.40 bits per heavy atom. The maximum Gasteiger partial charge on any atom is 0.0237 e. The van der Waals surface area contributed by atoms with Crippen molar-refractivity contribution in [2.24, 2.45) is 0 Å². The van der Waals surface area contributed by atoms with Crippen LogP contribution >= 0.6 is 0 Å². The second-order valence-corrected chi connectivity index (χ2v) is 7.75. The number of hydrogen-bond donors (Lipinski definition) is 0. The Morgan fingerprint density at radius 1 is 0.880 bits per heavy atom. The minimum atomic E-state index is 0.763. The molecule has 134 valence electrons. The van der Waals surface area contributed by atoms with Crippen molar-refractivity contribution < 1.29 is 0 Å². The number of likely N-dealkylation sites (tertiary alicyclic amines) is 1. The Kier molecular flexibility index (Phi) is 6.28. The average Bonchev–Trinajstić information content (AvgIpc) is 3.02. The lowest BCUT2D eigenvalue weighted by molar-refractivity contribution is 0.211. The highest BCUT2D eigenvalue weighted by Gasteiger charge is 2.21. The van der Waals surface area contributed by atoms with Gasteiger partial charge in [0.15, 0.2) is 0 Å². The van der Waals surface area contributed by atoms with E-state index >= 15 is 0 Å². The fraction of sp³-hybridized carbons (Fsp3) is 0.478. The first-order valence-electron chi connectivity index (χ1n) is 9.64. The molecule has 0 aromatic heterocycles. The van der Waals surface area contributed by atoms with Crippen LogP contribution in [0.4, 0.5) is 0 Å². The van der Waals surface area contributed by atoms with Gasteiger partial charge in [0.05, 0.1) is 0 Å². The minimum absolute atomic E-state index is 0.763. The van der Waals surface area contributed by atoms with E-state index in [1.165, 1.54) is 48.1 Å². The van der Waals surface area contributed by atoms with E-state index in [0.29, 0.717) is 0 Å². The van der Waals surface area contributed by atoms with Gasteiger partial charge >= 0.3 is 0 Å². The lowest BCUT2D eigenvalue weighted by Gasteiger charge is -2.26. The Bertz CT molecular complexity index is 597. The molecule has 0 amide bonds. The number of rotatable bonds is 7. The van der Waals surface area contributed by atoms with Crippen LogP contribution in [-0.2, 0) is 13.1 Å². The molecule has 2 aromatic rings. The second kappa shape index (κ2) is 8.64. The molecule has 0 N–H and O–H groups in total. The van der Waals surface area contributed by atoms with Crippen molar-refractivity contribution in [3.63, 3.8) is 0 Å². The molecule has 2 heteroatoms. The zero-order chi connectivity index (χ0) is 17.6. The molecule has 0 aliphatic carbocycles. The summed E-state index contributed by atoms with van der Waals surface area (Å²) < 4.78 is 0. The molecule has 1 atom stereocenters. The van der Waals surface area contributed by atoms with Crippen LogP contribution in [0, 0.1) is 13.8 Å². The predicted octanol–water partition coefficient (Wildman–Crippen LogP) is 4.79. The van der Waals surface area contributed by atoms with Crippen LogP contribution in [-0.4, -0.2) is 36.0 Å². The molecule has 0 spiro atoms. The third-order valence-electron chi connectivity index (χ3n) is 5.50. The van der Waals surface area contributed by atoms with Crippen molar-refractivity contribution in [2.75, 3.05) is 20.1 Å². The van der Waals surface area contributed by atoms with Crippen LogP contribution < -0.4 is 0 Å². The molecule has 0 saturated carbocycles. The summed E-state index contributed by atoms with van der Waals surface area (Å²) in [5.74, 6) is 0. The largest absolute Gasteiger partial charge is 0.303 e. The van der Waals surface area contributed by atoms with Crippen LogP contribution in [0.1, 0.15) is 41.5 Å². The van der Waals surface area contributed by atoms with Crippen molar-refractivity contribution in [1.82, 2.24) is 9.80 Å². The van der Waals surface area contributed by atoms with Gasteiger partial charge in [-0.05, 0) is 57.8 Å². The summed E-state index contributed by atoms with van der Waals surface area (Å²) in [6, 6.07) is 18.8. The normalized spacial score (nSPS) is 18.2. The summed E-state index contributed by atoms with van der Waals surface area (Å²) in [6.45, 7) is 8.81. The first-order chi connectivity index (χ1) is 12.1. The molecular weight excluding hydrogens is 304 g/mol. The summed E-state index contributed by atoms with van der Waals surface area (Å²) in [5, 5.41) is 0. The van der Waals surface area contributed by atoms with Gasteiger partial charge in [0.2, 0.25) is 0 Å². The van der Waals surface area contributed by atoms with Crippen molar-refractivity contribution >= 4 is 0 Å². The Labute approximate surface area is 153 Å². The molecule has 2 aromatic carbocycles. The van der Waals surface area contributed by atoms with E-state index < -0.39 is 0 Å². The van der Waals surface area contributed by atoms with Gasteiger partial charge in [0, 0.05) is 25.7 Å². The molecule has 1 aliphatic rings. The summed E-state index contributed by atoms with van der Waals surface area (Å²) in [6.07, 6.45) is 3.99. The van der Waals surface area contributed by atoms with Crippen molar-refractivity contribution in [3.8, 4) is 0 Å². The third-order valence-corrected chi connectivity index (χ3v) is 5.50. The van der Waals surface area contributed by atoms with Gasteiger partial charge in [0.25, 0.3) is 0 Å². The highest BCUT2D eigenvalue weighted by molar-refractivity contribution is 5.23. The van der Waals surface area contributed by atoms with Crippen LogP contribution in [0.25, 0.3) is 0 Å². The van der Waals surface area contributed by atoms with Gasteiger partial charge in [-0.25, -0.2) is 0 Å². The quantitative estimate of drug-likeness (QED) is 0.717. The first-order valence-corrected chi connectivity index (χ1v) is 9.64. The fourth-order valence-corrected chi connectivity index (χ4v) is 3.79. The Balaban J connectivity index is 1.65. The zero-order valence-corrected chi connectivity index (χ0v) is 16.0. The van der Waals surface area contributed by atoms with E-state index in [2.05, 4.69) is 79.2 Å². The standard InChI is InChI=1S/C23H32N2/c1-19-6-10-21(11-7-19)17-25(16-14-23-5-4-15-24(23)3)18-22-12-8-20(2)9-13-22/h6-13,23H,4-5,14-18H2,1-3H3/t23-/m0/s1. The maximum atomic E-state index is 2.61. The molecule has 3 rings (SSSR count). The Morgan fingerprint density at radius 3 is 1.84 bits per heavy atom. The summed E-state index contributed by atoms with van der Waals surface area (Å²) >= 11 is 0. The summed E-state index contributed by atoms with van der Waals surface area (Å²) in [4.78, 5) is 5.15. The summed E-state index contributed by atoms with van der Waals surface area (Å²) in [5.41, 5.74) is 5.50. The molecule has 0 unspecified atom stereocenters. The van der Waals surface area contributed by atoms with Crippen LogP contribution in [0.5, 0.6) is 0 Å². The van der Waals surface area contributed by atoms with Crippen molar-refractivity contribution in [2.45, 2.75) is 52.2 Å². The van der Waals surface area contributed by atoms with Gasteiger partial charge in [-0.15, -0.1) is 0 Å². The second-order valence-electron chi connectivity index (χ2n) is 7.75. The molecule has 25 heavy (non-hydrogen) atoms. The number of hydrogen-bond acceptors (Lipinski definition) is 2. The van der Waals surface area contributed by atoms with Crippen LogP contribution in [0.15, 0.2) is 48.5 Å². The van der Waals surface area contributed by atoms with E-state index in [1.807, 2.05) is 0 Å². The van der Waals surface area contributed by atoms with Gasteiger partial charge in [-0.1, -0.05) is 59.7 Å². The number of benzene rings is 2. The van der Waals surface area contributed by atoms with Gasteiger partial charge < -0.3 is 4.90 Å². The molecule has 1 heterocycles. The minimum Gasteiger partial charge on any atom is -0.303 e. The smallest absolute Gasteiger partial charge is 0.0237 e. The van der Waals surface area contributed by atoms with E-state index in [9.17, 15) is 0 Å². The lowest BCUT2D eigenvalue weighted by atomic mass is 10.1. The van der Waals surface area contributed by atoms with E-state index in [-0.39, 0.29) is 0 Å². The summed E-state index contributed by atoms with van der Waals surface area (Å²) in [7, 11) is 2.28. The van der Waals surface area contributed by atoms with E-state index in [1.54, 1.807) is 0 Å². The van der Waals surface area contributed by atoms with E-state index in [0.717, 1.165) is 25.7 Å². The first kappa shape index (κ1) is 18.2. The zero-order valence-electron chi connectivity index (χ0n) is 16.0. The number of nitrogens with zero attached hydrogens (tertiary/aromatic N) is 2. The average molecular weight is 337 g/mol. The van der Waals surface area contributed by atoms with Crippen molar-refractivity contribution in [3.05, 3.63) is 70.8 Å². The van der Waals surface area contributed by atoms with Gasteiger partial charge in [-0.3, -0.25) is 4.90 Å². The predicted molar refractivity (Wildman–Crippen MR) is 107 cm³/mol. The molecular formula is C23H32N2. The van der Waals surface area contributed by atoms with Gasteiger partial charge in [-0.2, -0.15) is 0 Å².